The number of hydrogen-bond acceptors (Lipinski definition) is 3. The lowest BCUT2D eigenvalue weighted by Crippen LogP contribution is -2.38. The van der Waals surface area contributed by atoms with Crippen LogP contribution < -0.4 is 5.32 Å². The van der Waals surface area contributed by atoms with Gasteiger partial charge in [0, 0.05) is 16.9 Å². The third kappa shape index (κ3) is 3.17. The van der Waals surface area contributed by atoms with Crippen LogP contribution in [0.3, 0.4) is 0 Å². The van der Waals surface area contributed by atoms with E-state index >= 15 is 0 Å². The summed E-state index contributed by atoms with van der Waals surface area (Å²) in [7, 11) is 0. The highest BCUT2D eigenvalue weighted by Crippen LogP contribution is 2.42. The highest BCUT2D eigenvalue weighted by Gasteiger charge is 2.42. The first-order valence-electron chi connectivity index (χ1n) is 8.71. The van der Waals surface area contributed by atoms with E-state index in [9.17, 15) is 4.79 Å². The number of aromatic nitrogens is 3. The molecule has 1 aliphatic carbocycles. The number of nitrogens with one attached hydrogen (secondary N) is 1. The SMILES string of the molecule is O=C(Nc1ccc(-n2cccn2)nc1)C1(c2cccc(Br)c2)CCCC1. The number of rotatable bonds is 4. The van der Waals surface area contributed by atoms with E-state index in [1.165, 1.54) is 0 Å². The minimum Gasteiger partial charge on any atom is -0.324 e. The predicted molar refractivity (Wildman–Crippen MR) is 104 cm³/mol. The summed E-state index contributed by atoms with van der Waals surface area (Å²) in [5.74, 6) is 0.761. The number of pyridine rings is 1. The van der Waals surface area contributed by atoms with Gasteiger partial charge in [0.05, 0.1) is 17.3 Å². The molecular weight excluding hydrogens is 392 g/mol. The largest absolute Gasteiger partial charge is 0.324 e. The van der Waals surface area contributed by atoms with Crippen molar-refractivity contribution in [2.45, 2.75) is 31.1 Å². The Kier molecular flexibility index (Phi) is 4.59. The van der Waals surface area contributed by atoms with E-state index in [1.54, 1.807) is 17.1 Å². The van der Waals surface area contributed by atoms with Gasteiger partial charge in [0.25, 0.3) is 0 Å². The van der Waals surface area contributed by atoms with Crippen molar-refractivity contribution in [3.05, 3.63) is 71.1 Å². The first-order valence-corrected chi connectivity index (χ1v) is 9.50. The summed E-state index contributed by atoms with van der Waals surface area (Å²) in [5, 5.41) is 7.23. The lowest BCUT2D eigenvalue weighted by Gasteiger charge is -2.28. The Morgan fingerprint density at radius 2 is 2.00 bits per heavy atom. The maximum Gasteiger partial charge on any atom is 0.235 e. The van der Waals surface area contributed by atoms with Crippen LogP contribution in [-0.4, -0.2) is 20.7 Å². The lowest BCUT2D eigenvalue weighted by molar-refractivity contribution is -0.121. The summed E-state index contributed by atoms with van der Waals surface area (Å²) in [6.07, 6.45) is 9.09. The number of benzene rings is 1. The van der Waals surface area contributed by atoms with Gasteiger partial charge >= 0.3 is 0 Å². The molecule has 2 aromatic heterocycles. The Balaban J connectivity index is 1.57. The Morgan fingerprint density at radius 3 is 2.65 bits per heavy atom. The Bertz CT molecular complexity index is 900. The molecule has 0 saturated heterocycles. The van der Waals surface area contributed by atoms with E-state index in [4.69, 9.17) is 0 Å². The number of carbonyl (C=O) groups excluding carboxylic acids is 1. The van der Waals surface area contributed by atoms with Crippen LogP contribution in [0.4, 0.5) is 5.69 Å². The van der Waals surface area contributed by atoms with Crippen molar-refractivity contribution in [3.8, 4) is 5.82 Å². The van der Waals surface area contributed by atoms with Crippen molar-refractivity contribution in [1.82, 2.24) is 14.8 Å². The fraction of sp³-hybridized carbons (Fsp3) is 0.250. The molecule has 26 heavy (non-hydrogen) atoms. The molecule has 4 rings (SSSR count). The van der Waals surface area contributed by atoms with E-state index in [2.05, 4.69) is 43.5 Å². The molecule has 0 atom stereocenters. The number of nitrogens with zero attached hydrogens (tertiary/aromatic N) is 3. The fourth-order valence-corrected chi connectivity index (χ4v) is 4.06. The number of halogens is 1. The third-order valence-electron chi connectivity index (χ3n) is 5.01. The van der Waals surface area contributed by atoms with Gasteiger partial charge < -0.3 is 5.32 Å². The first-order chi connectivity index (χ1) is 12.7. The minimum atomic E-state index is -0.468. The second-order valence-electron chi connectivity index (χ2n) is 6.61. The number of amides is 1. The zero-order valence-electron chi connectivity index (χ0n) is 14.2. The summed E-state index contributed by atoms with van der Waals surface area (Å²) < 4.78 is 2.69. The molecule has 132 valence electrons. The average molecular weight is 411 g/mol. The molecule has 1 aromatic carbocycles. The second kappa shape index (κ2) is 7.03. The van der Waals surface area contributed by atoms with Gasteiger partial charge in [-0.25, -0.2) is 9.67 Å². The van der Waals surface area contributed by atoms with Crippen LogP contribution in [0.15, 0.2) is 65.5 Å². The maximum atomic E-state index is 13.2. The topological polar surface area (TPSA) is 59.8 Å². The highest BCUT2D eigenvalue weighted by molar-refractivity contribution is 9.10. The van der Waals surface area contributed by atoms with Crippen LogP contribution in [0.5, 0.6) is 0 Å². The van der Waals surface area contributed by atoms with Crippen molar-refractivity contribution in [3.63, 3.8) is 0 Å². The smallest absolute Gasteiger partial charge is 0.235 e. The molecular formula is C20H19BrN4O. The monoisotopic (exact) mass is 410 g/mol. The molecule has 3 aromatic rings. The fourth-order valence-electron chi connectivity index (χ4n) is 3.66. The van der Waals surface area contributed by atoms with Crippen molar-refractivity contribution < 1.29 is 4.79 Å². The summed E-state index contributed by atoms with van der Waals surface area (Å²) in [6, 6.07) is 13.7. The molecule has 0 aliphatic heterocycles. The third-order valence-corrected chi connectivity index (χ3v) is 5.51. The molecule has 2 heterocycles. The Morgan fingerprint density at radius 1 is 1.15 bits per heavy atom. The van der Waals surface area contributed by atoms with Crippen LogP contribution in [0.2, 0.25) is 0 Å². The summed E-state index contributed by atoms with van der Waals surface area (Å²) in [6.45, 7) is 0. The number of anilines is 1. The van der Waals surface area contributed by atoms with Crippen LogP contribution in [0, 0.1) is 0 Å². The molecule has 0 radical (unpaired) electrons. The second-order valence-corrected chi connectivity index (χ2v) is 7.53. The first kappa shape index (κ1) is 17.0. The van der Waals surface area contributed by atoms with Gasteiger partial charge in [-0.2, -0.15) is 5.10 Å². The lowest BCUT2D eigenvalue weighted by atomic mass is 9.78. The molecule has 0 unspecified atom stereocenters. The maximum absolute atomic E-state index is 13.2. The summed E-state index contributed by atoms with van der Waals surface area (Å²) in [4.78, 5) is 17.6. The molecule has 0 spiro atoms. The van der Waals surface area contributed by atoms with Crippen LogP contribution in [0.1, 0.15) is 31.2 Å². The molecule has 6 heteroatoms. The highest BCUT2D eigenvalue weighted by atomic mass is 79.9. The predicted octanol–water partition coefficient (Wildman–Crippen LogP) is 4.48. The zero-order valence-corrected chi connectivity index (χ0v) is 15.8. The normalized spacial score (nSPS) is 15.7. The van der Waals surface area contributed by atoms with E-state index in [1.807, 2.05) is 36.5 Å². The molecule has 1 amide bonds. The van der Waals surface area contributed by atoms with Gasteiger partial charge in [-0.15, -0.1) is 0 Å². The molecule has 1 aliphatic rings. The van der Waals surface area contributed by atoms with Gasteiger partial charge in [-0.3, -0.25) is 4.79 Å². The molecule has 5 nitrogen and oxygen atoms in total. The van der Waals surface area contributed by atoms with Crippen molar-refractivity contribution >= 4 is 27.5 Å². The zero-order chi connectivity index (χ0) is 18.0. The van der Waals surface area contributed by atoms with Crippen LogP contribution >= 0.6 is 15.9 Å². The van der Waals surface area contributed by atoms with E-state index in [-0.39, 0.29) is 5.91 Å². The standard InChI is InChI=1S/C20H19BrN4O/c21-16-6-3-5-15(13-16)20(9-1-2-10-20)19(26)24-17-7-8-18(22-14-17)25-12-4-11-23-25/h3-8,11-14H,1-2,9-10H2,(H,24,26). The van der Waals surface area contributed by atoms with Crippen molar-refractivity contribution in [1.29, 1.82) is 0 Å². The van der Waals surface area contributed by atoms with E-state index in [0.29, 0.717) is 5.69 Å². The molecule has 1 N–H and O–H groups in total. The van der Waals surface area contributed by atoms with Gasteiger partial charge in [-0.1, -0.05) is 40.9 Å². The van der Waals surface area contributed by atoms with E-state index < -0.39 is 5.41 Å². The summed E-state index contributed by atoms with van der Waals surface area (Å²) >= 11 is 3.53. The number of hydrogen-bond donors (Lipinski definition) is 1. The molecule has 1 saturated carbocycles. The summed E-state index contributed by atoms with van der Waals surface area (Å²) in [5.41, 5.74) is 1.31. The van der Waals surface area contributed by atoms with Gasteiger partial charge in [-0.05, 0) is 48.7 Å². The van der Waals surface area contributed by atoms with Gasteiger partial charge in [0.2, 0.25) is 5.91 Å². The Labute approximate surface area is 160 Å². The van der Waals surface area contributed by atoms with E-state index in [0.717, 1.165) is 41.5 Å². The number of carbonyl (C=O) groups is 1. The minimum absolute atomic E-state index is 0.0433. The average Bonchev–Trinajstić information content (AvgIpc) is 3.35. The van der Waals surface area contributed by atoms with Crippen molar-refractivity contribution in [2.75, 3.05) is 5.32 Å². The molecule has 1 fully saturated rings. The Hall–Kier alpha value is -2.47. The molecule has 0 bridgehead atoms. The van der Waals surface area contributed by atoms with Gasteiger partial charge in [0.1, 0.15) is 0 Å². The quantitative estimate of drug-likeness (QED) is 0.689. The van der Waals surface area contributed by atoms with Crippen molar-refractivity contribution in [2.24, 2.45) is 0 Å². The van der Waals surface area contributed by atoms with Gasteiger partial charge in [0.15, 0.2) is 5.82 Å². The van der Waals surface area contributed by atoms with Crippen LogP contribution in [-0.2, 0) is 10.2 Å². The van der Waals surface area contributed by atoms with Crippen LogP contribution in [0.25, 0.3) is 5.82 Å².